The SMILES string of the molecule is Cc1ccc2nc(CO[C@H]3CN(c4ccncc4)C[C@H]3F)[nH]c2c1. The number of rotatable bonds is 4. The molecular weight excluding hydrogens is 307 g/mol. The van der Waals surface area contributed by atoms with Crippen LogP contribution in [0.4, 0.5) is 10.1 Å². The summed E-state index contributed by atoms with van der Waals surface area (Å²) in [6, 6.07) is 9.82. The Morgan fingerprint density at radius 1 is 1.25 bits per heavy atom. The molecule has 1 fully saturated rings. The van der Waals surface area contributed by atoms with Crippen LogP contribution in [0.2, 0.25) is 0 Å². The number of nitrogens with one attached hydrogen (secondary N) is 1. The molecule has 1 aromatic carbocycles. The first kappa shape index (κ1) is 15.1. The Balaban J connectivity index is 1.41. The van der Waals surface area contributed by atoms with Crippen LogP contribution >= 0.6 is 0 Å². The maximum atomic E-state index is 14.3. The van der Waals surface area contributed by atoms with Gasteiger partial charge in [-0.25, -0.2) is 9.37 Å². The molecule has 124 valence electrons. The predicted molar refractivity (Wildman–Crippen MR) is 90.8 cm³/mol. The molecule has 0 spiro atoms. The van der Waals surface area contributed by atoms with Gasteiger partial charge in [0.25, 0.3) is 0 Å². The third-order valence-electron chi connectivity index (χ3n) is 4.35. The molecule has 2 aromatic heterocycles. The van der Waals surface area contributed by atoms with Crippen LogP contribution in [0.5, 0.6) is 0 Å². The summed E-state index contributed by atoms with van der Waals surface area (Å²) < 4.78 is 20.1. The van der Waals surface area contributed by atoms with Gasteiger partial charge in [0.05, 0.1) is 17.6 Å². The monoisotopic (exact) mass is 326 g/mol. The van der Waals surface area contributed by atoms with Crippen LogP contribution in [0, 0.1) is 6.92 Å². The number of pyridine rings is 1. The highest BCUT2D eigenvalue weighted by Gasteiger charge is 2.34. The van der Waals surface area contributed by atoms with Gasteiger partial charge >= 0.3 is 0 Å². The van der Waals surface area contributed by atoms with E-state index in [0.717, 1.165) is 22.5 Å². The summed E-state index contributed by atoms with van der Waals surface area (Å²) in [6.45, 7) is 3.19. The molecule has 1 N–H and O–H groups in total. The van der Waals surface area contributed by atoms with Gasteiger partial charge in [-0.3, -0.25) is 4.98 Å². The second kappa shape index (κ2) is 6.20. The van der Waals surface area contributed by atoms with Gasteiger partial charge in [0.15, 0.2) is 0 Å². The zero-order valence-electron chi connectivity index (χ0n) is 13.4. The van der Waals surface area contributed by atoms with Crippen molar-refractivity contribution in [3.05, 3.63) is 54.1 Å². The number of ether oxygens (including phenoxy) is 1. The lowest BCUT2D eigenvalue weighted by atomic mass is 10.2. The van der Waals surface area contributed by atoms with Crippen LogP contribution in [-0.4, -0.2) is 40.3 Å². The summed E-state index contributed by atoms with van der Waals surface area (Å²) >= 11 is 0. The van der Waals surface area contributed by atoms with Gasteiger partial charge in [0.2, 0.25) is 0 Å². The number of H-pyrrole nitrogens is 1. The molecule has 3 aromatic rings. The quantitative estimate of drug-likeness (QED) is 0.801. The van der Waals surface area contributed by atoms with Crippen LogP contribution < -0.4 is 4.90 Å². The standard InChI is InChI=1S/C18H19FN4O/c1-12-2-3-15-16(8-12)22-18(21-15)11-24-17-10-23(9-14(17)19)13-4-6-20-7-5-13/h2-8,14,17H,9-11H2,1H3,(H,21,22)/t14-,17+/m1/s1. The average molecular weight is 326 g/mol. The summed E-state index contributed by atoms with van der Waals surface area (Å²) in [6.07, 6.45) is 1.97. The molecule has 1 saturated heterocycles. The first-order valence-electron chi connectivity index (χ1n) is 8.05. The highest BCUT2D eigenvalue weighted by molar-refractivity contribution is 5.75. The normalized spacial score (nSPS) is 20.8. The predicted octanol–water partition coefficient (Wildman–Crippen LogP) is 3.01. The molecule has 1 aliphatic heterocycles. The number of alkyl halides is 1. The summed E-state index contributed by atoms with van der Waals surface area (Å²) in [7, 11) is 0. The minimum Gasteiger partial charge on any atom is -0.366 e. The summed E-state index contributed by atoms with van der Waals surface area (Å²) in [4.78, 5) is 13.7. The number of halogens is 1. The molecule has 0 radical (unpaired) electrons. The minimum absolute atomic E-state index is 0.281. The van der Waals surface area contributed by atoms with Crippen molar-refractivity contribution in [2.75, 3.05) is 18.0 Å². The fourth-order valence-corrected chi connectivity index (χ4v) is 3.09. The van der Waals surface area contributed by atoms with Crippen molar-refractivity contribution in [3.8, 4) is 0 Å². The number of aromatic amines is 1. The van der Waals surface area contributed by atoms with E-state index in [9.17, 15) is 4.39 Å². The number of hydrogen-bond donors (Lipinski definition) is 1. The van der Waals surface area contributed by atoms with E-state index in [-0.39, 0.29) is 6.61 Å². The molecule has 6 heteroatoms. The van der Waals surface area contributed by atoms with Crippen molar-refractivity contribution < 1.29 is 9.13 Å². The fraction of sp³-hybridized carbons (Fsp3) is 0.333. The minimum atomic E-state index is -1.01. The second-order valence-corrected chi connectivity index (χ2v) is 6.18. The van der Waals surface area contributed by atoms with E-state index in [1.165, 1.54) is 5.56 Å². The van der Waals surface area contributed by atoms with Gasteiger partial charge in [-0.05, 0) is 36.8 Å². The van der Waals surface area contributed by atoms with E-state index in [2.05, 4.69) is 15.0 Å². The molecule has 1 aliphatic rings. The molecule has 4 rings (SSSR count). The van der Waals surface area contributed by atoms with Crippen LogP contribution in [0.25, 0.3) is 11.0 Å². The number of fused-ring (bicyclic) bond motifs is 1. The lowest BCUT2D eigenvalue weighted by molar-refractivity contribution is 0.0115. The Kier molecular flexibility index (Phi) is 3.90. The van der Waals surface area contributed by atoms with Crippen LogP contribution in [0.1, 0.15) is 11.4 Å². The molecule has 5 nitrogen and oxygen atoms in total. The molecule has 0 aliphatic carbocycles. The van der Waals surface area contributed by atoms with Crippen molar-refractivity contribution in [3.63, 3.8) is 0 Å². The number of benzene rings is 1. The van der Waals surface area contributed by atoms with E-state index in [0.29, 0.717) is 13.1 Å². The second-order valence-electron chi connectivity index (χ2n) is 6.18. The number of nitrogens with zero attached hydrogens (tertiary/aromatic N) is 3. The van der Waals surface area contributed by atoms with Crippen LogP contribution in [0.15, 0.2) is 42.7 Å². The molecule has 3 heterocycles. The third-order valence-corrected chi connectivity index (χ3v) is 4.35. The molecule has 0 unspecified atom stereocenters. The van der Waals surface area contributed by atoms with Crippen molar-refractivity contribution in [2.45, 2.75) is 25.8 Å². The van der Waals surface area contributed by atoms with Gasteiger partial charge in [-0.1, -0.05) is 6.07 Å². The van der Waals surface area contributed by atoms with E-state index in [1.807, 2.05) is 42.2 Å². The summed E-state index contributed by atoms with van der Waals surface area (Å²) in [5, 5.41) is 0. The Morgan fingerprint density at radius 2 is 2.08 bits per heavy atom. The first-order valence-corrected chi connectivity index (χ1v) is 8.05. The van der Waals surface area contributed by atoms with Crippen LogP contribution in [0.3, 0.4) is 0 Å². The molecule has 0 saturated carbocycles. The Hall–Kier alpha value is -2.47. The molecule has 0 amide bonds. The topological polar surface area (TPSA) is 54.0 Å². The molecular formula is C18H19FN4O. The lowest BCUT2D eigenvalue weighted by Crippen LogP contribution is -2.24. The van der Waals surface area contributed by atoms with Crippen molar-refractivity contribution in [1.29, 1.82) is 0 Å². The highest BCUT2D eigenvalue weighted by Crippen LogP contribution is 2.24. The lowest BCUT2D eigenvalue weighted by Gasteiger charge is -2.17. The zero-order valence-corrected chi connectivity index (χ0v) is 13.4. The number of aryl methyl sites for hydroxylation is 1. The van der Waals surface area contributed by atoms with E-state index in [1.54, 1.807) is 12.4 Å². The van der Waals surface area contributed by atoms with Gasteiger partial charge in [-0.2, -0.15) is 0 Å². The van der Waals surface area contributed by atoms with E-state index in [4.69, 9.17) is 4.74 Å². The number of aromatic nitrogens is 3. The maximum Gasteiger partial charge on any atom is 0.145 e. The maximum absolute atomic E-state index is 14.3. The number of anilines is 1. The third kappa shape index (κ3) is 2.97. The van der Waals surface area contributed by atoms with Gasteiger partial charge in [0.1, 0.15) is 24.7 Å². The van der Waals surface area contributed by atoms with Crippen molar-refractivity contribution in [2.24, 2.45) is 0 Å². The Bertz CT molecular complexity index is 835. The van der Waals surface area contributed by atoms with Crippen molar-refractivity contribution >= 4 is 16.7 Å². The number of hydrogen-bond acceptors (Lipinski definition) is 4. The largest absolute Gasteiger partial charge is 0.366 e. The number of imidazole rings is 1. The molecule has 24 heavy (non-hydrogen) atoms. The molecule has 2 atom stereocenters. The summed E-state index contributed by atoms with van der Waals surface area (Å²) in [5.41, 5.74) is 4.03. The van der Waals surface area contributed by atoms with Gasteiger partial charge in [-0.15, -0.1) is 0 Å². The fourth-order valence-electron chi connectivity index (χ4n) is 3.09. The smallest absolute Gasteiger partial charge is 0.145 e. The van der Waals surface area contributed by atoms with E-state index < -0.39 is 12.3 Å². The van der Waals surface area contributed by atoms with Gasteiger partial charge < -0.3 is 14.6 Å². The first-order chi connectivity index (χ1) is 11.7. The average Bonchev–Trinajstić information content (AvgIpc) is 3.16. The molecule has 0 bridgehead atoms. The zero-order chi connectivity index (χ0) is 16.5. The van der Waals surface area contributed by atoms with E-state index >= 15 is 0 Å². The Labute approximate surface area is 139 Å². The summed E-state index contributed by atoms with van der Waals surface area (Å²) in [5.74, 6) is 0.727. The Morgan fingerprint density at radius 3 is 2.92 bits per heavy atom. The van der Waals surface area contributed by atoms with Crippen molar-refractivity contribution in [1.82, 2.24) is 15.0 Å². The van der Waals surface area contributed by atoms with Gasteiger partial charge in [0, 0.05) is 24.6 Å². The van der Waals surface area contributed by atoms with Crippen LogP contribution in [-0.2, 0) is 11.3 Å². The highest BCUT2D eigenvalue weighted by atomic mass is 19.1.